The van der Waals surface area contributed by atoms with Crippen LogP contribution in [0.25, 0.3) is 0 Å². The van der Waals surface area contributed by atoms with Crippen molar-refractivity contribution >= 4 is 17.5 Å². The van der Waals surface area contributed by atoms with Gasteiger partial charge in [0, 0.05) is 24.8 Å². The summed E-state index contributed by atoms with van der Waals surface area (Å²) in [7, 11) is 0. The fourth-order valence-corrected chi connectivity index (χ4v) is 2.64. The Morgan fingerprint density at radius 1 is 1.15 bits per heavy atom. The largest absolute Gasteiger partial charge is 0.347 e. The Morgan fingerprint density at radius 3 is 2.23 bits per heavy atom. The molecule has 140 valence electrons. The summed E-state index contributed by atoms with van der Waals surface area (Å²) in [5, 5.41) is 10.1. The number of anilines is 1. The molecule has 0 aliphatic carbocycles. The molecule has 2 aromatic rings. The number of nitrogens with one attached hydrogen (secondary N) is 2. The number of aromatic nitrogens is 2. The topological polar surface area (TPSA) is 76.0 Å². The first-order valence-corrected chi connectivity index (χ1v) is 8.83. The van der Waals surface area contributed by atoms with Crippen molar-refractivity contribution in [3.8, 4) is 0 Å². The maximum atomic E-state index is 12.5. The van der Waals surface area contributed by atoms with Crippen LogP contribution in [0.5, 0.6) is 0 Å². The fourth-order valence-electron chi connectivity index (χ4n) is 2.64. The second-order valence-corrected chi connectivity index (χ2v) is 7.75. The molecule has 0 spiro atoms. The average molecular weight is 356 g/mol. The van der Waals surface area contributed by atoms with Crippen molar-refractivity contribution in [2.24, 2.45) is 0 Å². The summed E-state index contributed by atoms with van der Waals surface area (Å²) in [6, 6.07) is 9.24. The van der Waals surface area contributed by atoms with Gasteiger partial charge in [-0.3, -0.25) is 14.3 Å². The van der Waals surface area contributed by atoms with E-state index in [0.717, 1.165) is 16.9 Å². The van der Waals surface area contributed by atoms with Gasteiger partial charge in [0.25, 0.3) is 5.91 Å². The van der Waals surface area contributed by atoms with Crippen molar-refractivity contribution in [3.05, 3.63) is 47.3 Å². The summed E-state index contributed by atoms with van der Waals surface area (Å²) in [4.78, 5) is 23.5. The highest BCUT2D eigenvalue weighted by molar-refractivity contribution is 5.92. The van der Waals surface area contributed by atoms with Crippen molar-refractivity contribution in [1.82, 2.24) is 15.1 Å². The molecule has 0 aliphatic heterocycles. The van der Waals surface area contributed by atoms with Gasteiger partial charge in [0.2, 0.25) is 5.91 Å². The van der Waals surface area contributed by atoms with Crippen LogP contribution in [0.2, 0.25) is 0 Å². The van der Waals surface area contributed by atoms with Crippen LogP contribution in [0.3, 0.4) is 0 Å². The molecule has 0 aliphatic rings. The van der Waals surface area contributed by atoms with Crippen molar-refractivity contribution in [1.29, 1.82) is 0 Å². The maximum absolute atomic E-state index is 12.5. The molecule has 0 atom stereocenters. The van der Waals surface area contributed by atoms with E-state index in [-0.39, 0.29) is 23.3 Å². The summed E-state index contributed by atoms with van der Waals surface area (Å²) in [6.45, 7) is 12.3. The van der Waals surface area contributed by atoms with Crippen molar-refractivity contribution in [2.45, 2.75) is 59.5 Å². The summed E-state index contributed by atoms with van der Waals surface area (Å²) < 4.78 is 1.93. The number of hydrogen-bond donors (Lipinski definition) is 2. The van der Waals surface area contributed by atoms with Crippen molar-refractivity contribution < 1.29 is 9.59 Å². The normalized spacial score (nSPS) is 11.5. The van der Waals surface area contributed by atoms with Gasteiger partial charge in [0.1, 0.15) is 5.69 Å². The minimum atomic E-state index is -0.194. The minimum Gasteiger partial charge on any atom is -0.347 e. The lowest BCUT2D eigenvalue weighted by molar-refractivity contribution is -0.114. The molecule has 0 radical (unpaired) electrons. The smallest absolute Gasteiger partial charge is 0.272 e. The second-order valence-electron chi connectivity index (χ2n) is 7.75. The van der Waals surface area contributed by atoms with Gasteiger partial charge < -0.3 is 10.6 Å². The standard InChI is InChI=1S/C20H28N4O2/c1-13(2)18-11-17(23-24(18)20(4,5)6)19(26)21-12-15-7-9-16(10-8-15)22-14(3)25/h7-11,13H,12H2,1-6H3,(H,21,26)(H,22,25). The maximum Gasteiger partial charge on any atom is 0.272 e. The quantitative estimate of drug-likeness (QED) is 0.858. The van der Waals surface area contributed by atoms with Crippen molar-refractivity contribution in [3.63, 3.8) is 0 Å². The molecule has 2 N–H and O–H groups in total. The van der Waals surface area contributed by atoms with Gasteiger partial charge in [-0.15, -0.1) is 0 Å². The molecule has 1 heterocycles. The monoisotopic (exact) mass is 356 g/mol. The number of amides is 2. The van der Waals surface area contributed by atoms with Gasteiger partial charge in [-0.25, -0.2) is 0 Å². The number of nitrogens with zero attached hydrogens (tertiary/aromatic N) is 2. The molecule has 0 fully saturated rings. The first kappa shape index (κ1) is 19.7. The molecule has 2 rings (SSSR count). The zero-order valence-corrected chi connectivity index (χ0v) is 16.4. The number of benzene rings is 1. The zero-order chi connectivity index (χ0) is 19.5. The second kappa shape index (κ2) is 7.72. The number of hydrogen-bond acceptors (Lipinski definition) is 3. The minimum absolute atomic E-state index is 0.110. The SMILES string of the molecule is CC(=O)Nc1ccc(CNC(=O)c2cc(C(C)C)n(C(C)(C)C)n2)cc1. The Kier molecular flexibility index (Phi) is 5.85. The van der Waals surface area contributed by atoms with Crippen LogP contribution in [-0.4, -0.2) is 21.6 Å². The number of carbonyl (C=O) groups excluding carboxylic acids is 2. The molecule has 2 amide bonds. The molecule has 26 heavy (non-hydrogen) atoms. The Morgan fingerprint density at radius 2 is 1.77 bits per heavy atom. The summed E-state index contributed by atoms with van der Waals surface area (Å²) in [5.41, 5.74) is 2.98. The van der Waals surface area contributed by atoms with E-state index in [1.54, 1.807) is 0 Å². The highest BCUT2D eigenvalue weighted by atomic mass is 16.2. The third kappa shape index (κ3) is 4.94. The lowest BCUT2D eigenvalue weighted by Crippen LogP contribution is -2.27. The molecule has 1 aromatic heterocycles. The molecule has 0 saturated heterocycles. The van der Waals surface area contributed by atoms with Crippen LogP contribution in [0.1, 0.15) is 69.2 Å². The Bertz CT molecular complexity index is 783. The Labute approximate surface area is 155 Å². The van der Waals surface area contributed by atoms with Gasteiger partial charge >= 0.3 is 0 Å². The summed E-state index contributed by atoms with van der Waals surface area (Å²) in [6.07, 6.45) is 0. The van der Waals surface area contributed by atoms with E-state index in [9.17, 15) is 9.59 Å². The van der Waals surface area contributed by atoms with E-state index < -0.39 is 0 Å². The molecule has 1 aromatic carbocycles. The van der Waals surface area contributed by atoms with Crippen molar-refractivity contribution in [2.75, 3.05) is 5.32 Å². The highest BCUT2D eigenvalue weighted by Gasteiger charge is 2.23. The predicted octanol–water partition coefficient (Wildman–Crippen LogP) is 3.65. The van der Waals surface area contributed by atoms with Crippen LogP contribution >= 0.6 is 0 Å². The molecule has 6 nitrogen and oxygen atoms in total. The van der Waals surface area contributed by atoms with Crippen LogP contribution in [0, 0.1) is 0 Å². The predicted molar refractivity (Wildman–Crippen MR) is 103 cm³/mol. The van der Waals surface area contributed by atoms with Crippen LogP contribution in [-0.2, 0) is 16.9 Å². The number of rotatable bonds is 5. The molecular formula is C20H28N4O2. The summed E-state index contributed by atoms with van der Waals surface area (Å²) in [5.74, 6) is -0.0214. The Balaban J connectivity index is 2.07. The molecule has 0 saturated carbocycles. The first-order valence-electron chi connectivity index (χ1n) is 8.83. The van der Waals surface area contributed by atoms with Crippen LogP contribution < -0.4 is 10.6 Å². The van der Waals surface area contributed by atoms with Gasteiger partial charge in [-0.05, 0) is 50.5 Å². The van der Waals surface area contributed by atoms with Crippen LogP contribution in [0.4, 0.5) is 5.69 Å². The van der Waals surface area contributed by atoms with E-state index in [1.165, 1.54) is 6.92 Å². The van der Waals surface area contributed by atoms with Gasteiger partial charge in [0.15, 0.2) is 0 Å². The Hall–Kier alpha value is -2.63. The van der Waals surface area contributed by atoms with E-state index in [1.807, 2.05) is 35.0 Å². The van der Waals surface area contributed by atoms with Gasteiger partial charge in [-0.2, -0.15) is 5.10 Å². The highest BCUT2D eigenvalue weighted by Crippen LogP contribution is 2.23. The van der Waals surface area contributed by atoms with E-state index >= 15 is 0 Å². The lowest BCUT2D eigenvalue weighted by Gasteiger charge is -2.23. The molecular weight excluding hydrogens is 328 g/mol. The van der Waals surface area contributed by atoms with E-state index in [4.69, 9.17) is 0 Å². The summed E-state index contributed by atoms with van der Waals surface area (Å²) >= 11 is 0. The molecule has 0 bridgehead atoms. The molecule has 0 unspecified atom stereocenters. The fraction of sp³-hybridized carbons (Fsp3) is 0.450. The van der Waals surface area contributed by atoms with E-state index in [2.05, 4.69) is 50.4 Å². The third-order valence-corrected chi connectivity index (χ3v) is 3.92. The van der Waals surface area contributed by atoms with Gasteiger partial charge in [0.05, 0.1) is 5.54 Å². The zero-order valence-electron chi connectivity index (χ0n) is 16.4. The number of carbonyl (C=O) groups is 2. The third-order valence-electron chi connectivity index (χ3n) is 3.92. The van der Waals surface area contributed by atoms with E-state index in [0.29, 0.717) is 12.2 Å². The van der Waals surface area contributed by atoms with Gasteiger partial charge in [-0.1, -0.05) is 26.0 Å². The lowest BCUT2D eigenvalue weighted by atomic mass is 10.1. The average Bonchev–Trinajstić information content (AvgIpc) is 2.99. The first-order chi connectivity index (χ1) is 12.1. The van der Waals surface area contributed by atoms with Crippen LogP contribution in [0.15, 0.2) is 30.3 Å². The molecule has 6 heteroatoms.